The third-order valence-electron chi connectivity index (χ3n) is 6.72. The molecule has 1 heterocycles. The molecule has 0 N–H and O–H groups in total. The Morgan fingerprint density at radius 3 is 1.75 bits per heavy atom. The average Bonchev–Trinajstić information content (AvgIpc) is 3.22. The first-order valence-electron chi connectivity index (χ1n) is 13.9. The Balaban J connectivity index is 1.48. The van der Waals surface area contributed by atoms with E-state index in [1.165, 1.54) is 113 Å². The van der Waals surface area contributed by atoms with Crippen LogP contribution in [-0.2, 0) is 25.8 Å². The molecule has 0 fully saturated rings. The van der Waals surface area contributed by atoms with Gasteiger partial charge in [-0.1, -0.05) is 128 Å². The Bertz CT molecular complexity index is 673. The van der Waals surface area contributed by atoms with Crippen LogP contribution in [0, 0.1) is 0 Å². The fraction of sp³-hybridized carbons (Fsp3) is 0.700. The predicted octanol–water partition coefficient (Wildman–Crippen LogP) is 9.10. The Kier molecular flexibility index (Phi) is 14.9. The number of imidazole rings is 1. The number of rotatable bonds is 20. The predicted molar refractivity (Wildman–Crippen MR) is 140 cm³/mol. The minimum atomic E-state index is 1.04. The highest BCUT2D eigenvalue weighted by atomic mass is 15.1. The SMILES string of the molecule is CCCCCCCCCCCCCCCCn1cc(CCCc2ccccc2)nc1CC. The van der Waals surface area contributed by atoms with Crippen molar-refractivity contribution in [1.82, 2.24) is 9.55 Å². The third kappa shape index (κ3) is 11.9. The number of unbranched alkanes of at least 4 members (excludes halogenated alkanes) is 13. The zero-order valence-corrected chi connectivity index (χ0v) is 21.3. The lowest BCUT2D eigenvalue weighted by molar-refractivity contribution is 0.520. The van der Waals surface area contributed by atoms with Gasteiger partial charge in [-0.15, -0.1) is 0 Å². The van der Waals surface area contributed by atoms with Crippen LogP contribution in [0.3, 0.4) is 0 Å². The van der Waals surface area contributed by atoms with Crippen LogP contribution in [0.1, 0.15) is 127 Å². The van der Waals surface area contributed by atoms with Crippen molar-refractivity contribution < 1.29 is 0 Å². The van der Waals surface area contributed by atoms with Crippen molar-refractivity contribution >= 4 is 0 Å². The summed E-state index contributed by atoms with van der Waals surface area (Å²) in [5.74, 6) is 1.27. The van der Waals surface area contributed by atoms with E-state index >= 15 is 0 Å². The van der Waals surface area contributed by atoms with Crippen molar-refractivity contribution in [2.75, 3.05) is 0 Å². The van der Waals surface area contributed by atoms with Gasteiger partial charge in [0.2, 0.25) is 0 Å². The van der Waals surface area contributed by atoms with Gasteiger partial charge in [0.05, 0.1) is 5.69 Å². The second-order valence-electron chi connectivity index (χ2n) is 9.63. The van der Waals surface area contributed by atoms with Crippen LogP contribution >= 0.6 is 0 Å². The van der Waals surface area contributed by atoms with Gasteiger partial charge in [-0.2, -0.15) is 0 Å². The molecule has 2 aromatic rings. The molecule has 0 aliphatic carbocycles. The summed E-state index contributed by atoms with van der Waals surface area (Å²) >= 11 is 0. The maximum atomic E-state index is 4.91. The summed E-state index contributed by atoms with van der Waals surface area (Å²) in [5.41, 5.74) is 2.72. The molecule has 2 heteroatoms. The molecule has 2 rings (SSSR count). The van der Waals surface area contributed by atoms with Crippen LogP contribution in [0.25, 0.3) is 0 Å². The highest BCUT2D eigenvalue weighted by molar-refractivity contribution is 5.15. The fourth-order valence-electron chi connectivity index (χ4n) is 4.70. The largest absolute Gasteiger partial charge is 0.335 e. The molecule has 2 nitrogen and oxygen atoms in total. The molecule has 0 bridgehead atoms. The second-order valence-corrected chi connectivity index (χ2v) is 9.63. The number of hydrogen-bond acceptors (Lipinski definition) is 1. The van der Waals surface area contributed by atoms with Gasteiger partial charge in [0.15, 0.2) is 0 Å². The molecular weight excluding hydrogens is 388 g/mol. The Hall–Kier alpha value is -1.57. The zero-order valence-electron chi connectivity index (χ0n) is 21.3. The van der Waals surface area contributed by atoms with E-state index in [1.807, 2.05) is 0 Å². The first-order chi connectivity index (χ1) is 15.8. The Morgan fingerprint density at radius 2 is 1.19 bits per heavy atom. The lowest BCUT2D eigenvalue weighted by Gasteiger charge is -2.06. The van der Waals surface area contributed by atoms with Crippen LogP contribution in [0.2, 0.25) is 0 Å². The molecule has 0 aliphatic heterocycles. The third-order valence-corrected chi connectivity index (χ3v) is 6.72. The average molecular weight is 439 g/mol. The number of benzene rings is 1. The molecule has 1 aromatic carbocycles. The topological polar surface area (TPSA) is 17.8 Å². The van der Waals surface area contributed by atoms with Crippen LogP contribution in [0.5, 0.6) is 0 Å². The molecule has 1 aromatic heterocycles. The van der Waals surface area contributed by atoms with Gasteiger partial charge in [-0.05, 0) is 31.2 Å². The van der Waals surface area contributed by atoms with Gasteiger partial charge < -0.3 is 4.57 Å². The minimum Gasteiger partial charge on any atom is -0.335 e. The van der Waals surface area contributed by atoms with Crippen LogP contribution in [-0.4, -0.2) is 9.55 Å². The molecule has 0 amide bonds. The number of aromatic nitrogens is 2. The van der Waals surface area contributed by atoms with E-state index < -0.39 is 0 Å². The van der Waals surface area contributed by atoms with Crippen molar-refractivity contribution in [1.29, 1.82) is 0 Å². The maximum absolute atomic E-state index is 4.91. The van der Waals surface area contributed by atoms with Crippen LogP contribution < -0.4 is 0 Å². The molecule has 0 saturated carbocycles. The van der Waals surface area contributed by atoms with Crippen molar-refractivity contribution in [3.8, 4) is 0 Å². The molecule has 32 heavy (non-hydrogen) atoms. The van der Waals surface area contributed by atoms with Crippen molar-refractivity contribution in [3.63, 3.8) is 0 Å². The van der Waals surface area contributed by atoms with E-state index in [9.17, 15) is 0 Å². The molecule has 180 valence electrons. The quantitative estimate of drug-likeness (QED) is 0.188. The number of hydrogen-bond donors (Lipinski definition) is 0. The van der Waals surface area contributed by atoms with Crippen molar-refractivity contribution in [2.24, 2.45) is 0 Å². The summed E-state index contributed by atoms with van der Waals surface area (Å²) in [6, 6.07) is 10.8. The summed E-state index contributed by atoms with van der Waals surface area (Å²) < 4.78 is 2.43. The summed E-state index contributed by atoms with van der Waals surface area (Å²) in [6.07, 6.45) is 26.7. The van der Waals surface area contributed by atoms with Crippen LogP contribution in [0.15, 0.2) is 36.5 Å². The minimum absolute atomic E-state index is 1.04. The highest BCUT2D eigenvalue weighted by Gasteiger charge is 2.06. The van der Waals surface area contributed by atoms with Gasteiger partial charge >= 0.3 is 0 Å². The molecular formula is C30H50N2. The molecule has 0 saturated heterocycles. The van der Waals surface area contributed by atoms with E-state index in [4.69, 9.17) is 4.98 Å². The standard InChI is InChI=1S/C30H50N2/c1-3-5-6-7-8-9-10-11-12-13-14-15-16-20-26-32-27-29(31-30(32)4-2)25-21-24-28-22-18-17-19-23-28/h17-19,22-23,27H,3-16,20-21,24-26H2,1-2H3. The molecule has 0 atom stereocenters. The van der Waals surface area contributed by atoms with Gasteiger partial charge in [0.1, 0.15) is 5.82 Å². The zero-order chi connectivity index (χ0) is 22.7. The second kappa shape index (κ2) is 17.9. The normalized spacial score (nSPS) is 11.3. The Labute approximate surface area is 199 Å². The van der Waals surface area contributed by atoms with Gasteiger partial charge in [0, 0.05) is 19.2 Å². The van der Waals surface area contributed by atoms with Gasteiger partial charge in [-0.25, -0.2) is 4.98 Å². The number of nitrogens with zero attached hydrogens (tertiary/aromatic N) is 2. The molecule has 0 unspecified atom stereocenters. The van der Waals surface area contributed by atoms with Crippen LogP contribution in [0.4, 0.5) is 0 Å². The summed E-state index contributed by atoms with van der Waals surface area (Å²) in [4.78, 5) is 4.91. The lowest BCUT2D eigenvalue weighted by atomic mass is 10.0. The van der Waals surface area contributed by atoms with E-state index in [2.05, 4.69) is 54.9 Å². The highest BCUT2D eigenvalue weighted by Crippen LogP contribution is 2.15. The monoisotopic (exact) mass is 438 g/mol. The smallest absolute Gasteiger partial charge is 0.108 e. The lowest BCUT2D eigenvalue weighted by Crippen LogP contribution is -2.01. The van der Waals surface area contributed by atoms with Crippen molar-refractivity contribution in [2.45, 2.75) is 136 Å². The first-order valence-corrected chi connectivity index (χ1v) is 13.9. The van der Waals surface area contributed by atoms with Gasteiger partial charge in [0.25, 0.3) is 0 Å². The molecule has 0 radical (unpaired) electrons. The summed E-state index contributed by atoms with van der Waals surface area (Å²) in [6.45, 7) is 5.68. The van der Waals surface area contributed by atoms with Gasteiger partial charge in [-0.3, -0.25) is 0 Å². The van der Waals surface area contributed by atoms with E-state index in [1.54, 1.807) is 0 Å². The van der Waals surface area contributed by atoms with Crippen molar-refractivity contribution in [3.05, 3.63) is 53.6 Å². The number of aryl methyl sites for hydroxylation is 4. The summed E-state index contributed by atoms with van der Waals surface area (Å²) in [7, 11) is 0. The van der Waals surface area contributed by atoms with E-state index in [-0.39, 0.29) is 0 Å². The van der Waals surface area contributed by atoms with E-state index in [0.717, 1.165) is 25.8 Å². The molecule has 0 aliphatic rings. The van der Waals surface area contributed by atoms with E-state index in [0.29, 0.717) is 0 Å². The first kappa shape index (κ1) is 26.7. The summed E-state index contributed by atoms with van der Waals surface area (Å²) in [5, 5.41) is 0. The molecule has 0 spiro atoms. The maximum Gasteiger partial charge on any atom is 0.108 e. The fourth-order valence-corrected chi connectivity index (χ4v) is 4.70. The Morgan fingerprint density at radius 1 is 0.625 bits per heavy atom.